The molecule has 0 aliphatic carbocycles. The zero-order valence-electron chi connectivity index (χ0n) is 13.0. The molecule has 0 saturated carbocycles. The van der Waals surface area contributed by atoms with Crippen molar-refractivity contribution in [3.63, 3.8) is 0 Å². The summed E-state index contributed by atoms with van der Waals surface area (Å²) in [6.45, 7) is 3.07. The molecule has 1 unspecified atom stereocenters. The highest BCUT2D eigenvalue weighted by Gasteiger charge is 2.27. The van der Waals surface area contributed by atoms with Crippen LogP contribution >= 0.6 is 11.6 Å². The van der Waals surface area contributed by atoms with Gasteiger partial charge in [-0.3, -0.25) is 9.48 Å². The van der Waals surface area contributed by atoms with Gasteiger partial charge in [-0.25, -0.2) is 4.39 Å². The molecule has 1 fully saturated rings. The molecule has 1 saturated heterocycles. The first-order chi connectivity index (χ1) is 11.0. The number of anilines is 1. The summed E-state index contributed by atoms with van der Waals surface area (Å²) < 4.78 is 15.4. The van der Waals surface area contributed by atoms with Crippen molar-refractivity contribution in [1.29, 1.82) is 0 Å². The lowest BCUT2D eigenvalue weighted by molar-refractivity contribution is 0.0935. The van der Waals surface area contributed by atoms with Gasteiger partial charge in [-0.2, -0.15) is 5.10 Å². The molecule has 5 nitrogen and oxygen atoms in total. The molecule has 2 heterocycles. The van der Waals surface area contributed by atoms with E-state index in [-0.39, 0.29) is 23.5 Å². The fourth-order valence-electron chi connectivity index (χ4n) is 2.79. The average Bonchev–Trinajstić information content (AvgIpc) is 3.08. The Morgan fingerprint density at radius 2 is 2.17 bits per heavy atom. The largest absolute Gasteiger partial charge is 0.367 e. The fourth-order valence-corrected chi connectivity index (χ4v) is 3.03. The number of halogens is 2. The van der Waals surface area contributed by atoms with Crippen LogP contribution < -0.4 is 10.2 Å². The van der Waals surface area contributed by atoms with Gasteiger partial charge in [-0.1, -0.05) is 23.7 Å². The van der Waals surface area contributed by atoms with E-state index in [2.05, 4.69) is 10.4 Å². The van der Waals surface area contributed by atoms with Gasteiger partial charge in [-0.15, -0.1) is 0 Å². The molecular formula is C16H18ClFN4O. The molecule has 122 valence electrons. The van der Waals surface area contributed by atoms with Gasteiger partial charge in [0.05, 0.1) is 16.4 Å². The first-order valence-electron chi connectivity index (χ1n) is 7.47. The molecule has 1 aromatic carbocycles. The summed E-state index contributed by atoms with van der Waals surface area (Å²) in [4.78, 5) is 14.3. The highest BCUT2D eigenvalue weighted by molar-refractivity contribution is 6.34. The topological polar surface area (TPSA) is 50.2 Å². The third-order valence-corrected chi connectivity index (χ3v) is 4.65. The van der Waals surface area contributed by atoms with Crippen LogP contribution in [0.5, 0.6) is 0 Å². The van der Waals surface area contributed by atoms with Crippen molar-refractivity contribution in [2.75, 3.05) is 18.0 Å². The van der Waals surface area contributed by atoms with Crippen molar-refractivity contribution in [3.8, 4) is 0 Å². The van der Waals surface area contributed by atoms with Crippen molar-refractivity contribution >= 4 is 23.2 Å². The molecule has 2 aromatic rings. The van der Waals surface area contributed by atoms with Crippen LogP contribution in [0.4, 0.5) is 10.1 Å². The molecular weight excluding hydrogens is 319 g/mol. The number of aryl methyl sites for hydroxylation is 1. The first-order valence-corrected chi connectivity index (χ1v) is 7.84. The SMILES string of the molecule is Cc1c(Cl)c(C(=O)NC2CCN(c3ccccc3F)C2)nn1C. The van der Waals surface area contributed by atoms with Crippen LogP contribution in [0.25, 0.3) is 0 Å². The minimum atomic E-state index is -0.293. The van der Waals surface area contributed by atoms with Crippen molar-refractivity contribution in [3.05, 3.63) is 46.5 Å². The van der Waals surface area contributed by atoms with Crippen LogP contribution in [0.3, 0.4) is 0 Å². The highest BCUT2D eigenvalue weighted by Crippen LogP contribution is 2.24. The minimum Gasteiger partial charge on any atom is -0.367 e. The Balaban J connectivity index is 1.67. The summed E-state index contributed by atoms with van der Waals surface area (Å²) >= 11 is 6.14. The molecule has 0 radical (unpaired) electrons. The Morgan fingerprint density at radius 3 is 2.83 bits per heavy atom. The monoisotopic (exact) mass is 336 g/mol. The molecule has 1 N–H and O–H groups in total. The van der Waals surface area contributed by atoms with Crippen LogP contribution in [0, 0.1) is 12.7 Å². The van der Waals surface area contributed by atoms with Gasteiger partial charge in [0.15, 0.2) is 5.69 Å². The van der Waals surface area contributed by atoms with Gasteiger partial charge in [0, 0.05) is 26.2 Å². The Kier molecular flexibility index (Phi) is 4.26. The number of carbonyl (C=O) groups excluding carboxylic acids is 1. The summed E-state index contributed by atoms with van der Waals surface area (Å²) in [5.41, 5.74) is 1.54. The maximum atomic E-state index is 13.8. The summed E-state index contributed by atoms with van der Waals surface area (Å²) in [6, 6.07) is 6.61. The number of benzene rings is 1. The van der Waals surface area contributed by atoms with E-state index in [4.69, 9.17) is 11.6 Å². The third-order valence-electron chi connectivity index (χ3n) is 4.19. The number of amides is 1. The van der Waals surface area contributed by atoms with Crippen molar-refractivity contribution < 1.29 is 9.18 Å². The predicted molar refractivity (Wildman–Crippen MR) is 87.4 cm³/mol. The number of para-hydroxylation sites is 1. The molecule has 0 bridgehead atoms. The van der Waals surface area contributed by atoms with Crippen molar-refractivity contribution in [2.45, 2.75) is 19.4 Å². The number of hydrogen-bond acceptors (Lipinski definition) is 3. The van der Waals surface area contributed by atoms with Crippen molar-refractivity contribution in [2.24, 2.45) is 7.05 Å². The van der Waals surface area contributed by atoms with Gasteiger partial charge < -0.3 is 10.2 Å². The average molecular weight is 337 g/mol. The molecule has 1 aliphatic rings. The molecule has 7 heteroatoms. The van der Waals surface area contributed by atoms with E-state index >= 15 is 0 Å². The van der Waals surface area contributed by atoms with Gasteiger partial charge in [-0.05, 0) is 25.5 Å². The Morgan fingerprint density at radius 1 is 1.43 bits per heavy atom. The van der Waals surface area contributed by atoms with Gasteiger partial charge in [0.2, 0.25) is 0 Å². The van der Waals surface area contributed by atoms with Crippen molar-refractivity contribution in [1.82, 2.24) is 15.1 Å². The first kappa shape index (κ1) is 15.8. The number of nitrogens with zero attached hydrogens (tertiary/aromatic N) is 3. The number of hydrogen-bond donors (Lipinski definition) is 1. The summed E-state index contributed by atoms with van der Waals surface area (Å²) in [7, 11) is 1.74. The second-order valence-electron chi connectivity index (χ2n) is 5.73. The third kappa shape index (κ3) is 3.03. The smallest absolute Gasteiger partial charge is 0.273 e. The van der Waals surface area contributed by atoms with E-state index in [1.807, 2.05) is 11.8 Å². The predicted octanol–water partition coefficient (Wildman–Crippen LogP) is 2.53. The maximum Gasteiger partial charge on any atom is 0.273 e. The second-order valence-corrected chi connectivity index (χ2v) is 6.11. The lowest BCUT2D eigenvalue weighted by atomic mass is 10.2. The van der Waals surface area contributed by atoms with E-state index in [1.165, 1.54) is 6.07 Å². The lowest BCUT2D eigenvalue weighted by Crippen LogP contribution is -2.37. The Bertz CT molecular complexity index is 746. The highest BCUT2D eigenvalue weighted by atomic mass is 35.5. The summed E-state index contributed by atoms with van der Waals surface area (Å²) in [5, 5.41) is 7.44. The van der Waals surface area contributed by atoms with Crippen LogP contribution in [-0.2, 0) is 7.05 Å². The fraction of sp³-hybridized carbons (Fsp3) is 0.375. The lowest BCUT2D eigenvalue weighted by Gasteiger charge is -2.19. The number of aromatic nitrogens is 2. The van der Waals surface area contributed by atoms with E-state index in [0.29, 0.717) is 23.8 Å². The quantitative estimate of drug-likeness (QED) is 0.937. The molecule has 3 rings (SSSR count). The van der Waals surface area contributed by atoms with Crippen LogP contribution in [-0.4, -0.2) is 34.8 Å². The number of nitrogens with one attached hydrogen (secondary N) is 1. The number of rotatable bonds is 3. The standard InChI is InChI=1S/C16H18ClFN4O/c1-10-14(17)15(20-21(10)2)16(23)19-11-7-8-22(9-11)13-6-4-3-5-12(13)18/h3-6,11H,7-9H2,1-2H3,(H,19,23). The molecule has 1 amide bonds. The second kappa shape index (κ2) is 6.20. The van der Waals surface area contributed by atoms with E-state index in [0.717, 1.165) is 12.1 Å². The molecule has 0 spiro atoms. The molecule has 1 atom stereocenters. The Labute approximate surface area is 139 Å². The normalized spacial score (nSPS) is 17.6. The van der Waals surface area contributed by atoms with Gasteiger partial charge in [0.25, 0.3) is 5.91 Å². The summed E-state index contributed by atoms with van der Waals surface area (Å²) in [6.07, 6.45) is 0.753. The summed E-state index contributed by atoms with van der Waals surface area (Å²) in [5.74, 6) is -0.540. The zero-order chi connectivity index (χ0) is 16.6. The van der Waals surface area contributed by atoms with E-state index in [9.17, 15) is 9.18 Å². The molecule has 1 aliphatic heterocycles. The molecule has 23 heavy (non-hydrogen) atoms. The van der Waals surface area contributed by atoms with Crippen LogP contribution in [0.15, 0.2) is 24.3 Å². The van der Waals surface area contributed by atoms with E-state index in [1.54, 1.807) is 29.9 Å². The van der Waals surface area contributed by atoms with Gasteiger partial charge in [0.1, 0.15) is 5.82 Å². The maximum absolute atomic E-state index is 13.8. The minimum absolute atomic E-state index is 0.0551. The Hall–Kier alpha value is -2.08. The number of carbonyl (C=O) groups is 1. The van der Waals surface area contributed by atoms with Crippen LogP contribution in [0.1, 0.15) is 22.6 Å². The van der Waals surface area contributed by atoms with E-state index < -0.39 is 0 Å². The molecule has 1 aromatic heterocycles. The zero-order valence-corrected chi connectivity index (χ0v) is 13.8. The van der Waals surface area contributed by atoms with Crippen LogP contribution in [0.2, 0.25) is 5.02 Å². The van der Waals surface area contributed by atoms with Gasteiger partial charge >= 0.3 is 0 Å².